The Morgan fingerprint density at radius 1 is 1.03 bits per heavy atom. The number of pyridine rings is 1. The maximum atomic E-state index is 12.8. The lowest BCUT2D eigenvalue weighted by Crippen LogP contribution is -2.22. The second kappa shape index (κ2) is 9.68. The molecule has 2 aromatic heterocycles. The predicted octanol–water partition coefficient (Wildman–Crippen LogP) is 4.26. The van der Waals surface area contributed by atoms with E-state index in [9.17, 15) is 4.79 Å². The number of benzene rings is 2. The molecule has 0 spiro atoms. The lowest BCUT2D eigenvalue weighted by molar-refractivity contribution is 0.0950. The van der Waals surface area contributed by atoms with Gasteiger partial charge in [0.25, 0.3) is 5.91 Å². The van der Waals surface area contributed by atoms with Crippen LogP contribution in [-0.2, 0) is 6.54 Å². The Hall–Kier alpha value is -3.29. The van der Waals surface area contributed by atoms with Crippen molar-refractivity contribution in [2.24, 2.45) is 0 Å². The fraction of sp³-hybridized carbons (Fsp3) is 0.208. The highest BCUT2D eigenvalue weighted by Gasteiger charge is 2.16. The Morgan fingerprint density at radius 3 is 2.55 bits per heavy atom. The van der Waals surface area contributed by atoms with Crippen molar-refractivity contribution in [3.63, 3.8) is 0 Å². The minimum absolute atomic E-state index is 0.158. The van der Waals surface area contributed by atoms with Gasteiger partial charge in [0.1, 0.15) is 5.52 Å². The van der Waals surface area contributed by atoms with Gasteiger partial charge in [-0.15, -0.1) is 11.3 Å². The minimum Gasteiger partial charge on any atom is -0.382 e. The number of anilines is 1. The molecule has 0 aliphatic rings. The summed E-state index contributed by atoms with van der Waals surface area (Å²) in [5, 5.41) is 6.93. The fourth-order valence-corrected chi connectivity index (χ4v) is 4.19. The molecule has 0 atom stereocenters. The van der Waals surface area contributed by atoms with E-state index in [0.717, 1.165) is 45.7 Å². The van der Waals surface area contributed by atoms with E-state index in [4.69, 9.17) is 0 Å². The van der Waals surface area contributed by atoms with Gasteiger partial charge in [-0.3, -0.25) is 9.78 Å². The molecule has 0 radical (unpaired) electrons. The summed E-state index contributed by atoms with van der Waals surface area (Å²) in [5.41, 5.74) is 4.97. The third-order valence-electron chi connectivity index (χ3n) is 4.87. The maximum absolute atomic E-state index is 12.8. The summed E-state index contributed by atoms with van der Waals surface area (Å²) in [6, 6.07) is 18.0. The van der Waals surface area contributed by atoms with E-state index in [1.165, 1.54) is 11.3 Å². The van der Waals surface area contributed by atoms with E-state index in [2.05, 4.69) is 37.6 Å². The van der Waals surface area contributed by atoms with Crippen LogP contribution in [0, 0.1) is 0 Å². The molecule has 0 bridgehead atoms. The van der Waals surface area contributed by atoms with E-state index in [0.29, 0.717) is 11.6 Å². The molecular weight excluding hydrogens is 406 g/mol. The highest BCUT2D eigenvalue weighted by molar-refractivity contribution is 7.20. The lowest BCUT2D eigenvalue weighted by atomic mass is 10.1. The summed E-state index contributed by atoms with van der Waals surface area (Å²) in [6.07, 6.45) is 3.57. The molecule has 0 saturated carbocycles. The fourth-order valence-electron chi connectivity index (χ4n) is 3.24. The molecule has 31 heavy (non-hydrogen) atoms. The smallest absolute Gasteiger partial charge is 0.280 e. The Morgan fingerprint density at radius 2 is 1.81 bits per heavy atom. The Balaban J connectivity index is 1.63. The molecule has 6 nitrogen and oxygen atoms in total. The van der Waals surface area contributed by atoms with Crippen LogP contribution in [0.15, 0.2) is 67.0 Å². The van der Waals surface area contributed by atoms with Gasteiger partial charge in [0.2, 0.25) is 0 Å². The number of rotatable bonds is 8. The van der Waals surface area contributed by atoms with E-state index in [1.54, 1.807) is 12.4 Å². The molecule has 4 aromatic rings. The normalized spacial score (nSPS) is 11.1. The van der Waals surface area contributed by atoms with E-state index in [-0.39, 0.29) is 5.91 Å². The highest BCUT2D eigenvalue weighted by Crippen LogP contribution is 2.34. The molecule has 0 saturated heterocycles. The van der Waals surface area contributed by atoms with E-state index < -0.39 is 0 Å². The van der Waals surface area contributed by atoms with Crippen molar-refractivity contribution < 1.29 is 4.79 Å². The summed E-state index contributed by atoms with van der Waals surface area (Å²) in [5.74, 6) is -0.158. The average Bonchev–Trinajstić information content (AvgIpc) is 3.23. The summed E-state index contributed by atoms with van der Waals surface area (Å²) >= 11 is 1.41. The zero-order valence-electron chi connectivity index (χ0n) is 17.6. The average molecular weight is 432 g/mol. The zero-order valence-corrected chi connectivity index (χ0v) is 18.4. The van der Waals surface area contributed by atoms with Crippen LogP contribution in [0.25, 0.3) is 21.3 Å². The van der Waals surface area contributed by atoms with E-state index >= 15 is 0 Å². The van der Waals surface area contributed by atoms with Crippen LogP contribution in [0.2, 0.25) is 0 Å². The van der Waals surface area contributed by atoms with E-state index in [1.807, 2.05) is 56.6 Å². The van der Waals surface area contributed by atoms with Crippen molar-refractivity contribution in [3.8, 4) is 11.1 Å². The molecule has 158 valence electrons. The van der Waals surface area contributed by atoms with Crippen LogP contribution in [0.5, 0.6) is 0 Å². The third-order valence-corrected chi connectivity index (χ3v) is 5.87. The SMILES string of the molecule is CN(C)CCNc1cc(-c2ccncc2)cc2sc(C(=O)NCc3ccccc3)nc12. The lowest BCUT2D eigenvalue weighted by Gasteiger charge is -2.13. The largest absolute Gasteiger partial charge is 0.382 e. The van der Waals surface area contributed by atoms with Gasteiger partial charge < -0.3 is 15.5 Å². The van der Waals surface area contributed by atoms with Crippen LogP contribution < -0.4 is 10.6 Å². The molecular formula is C24H25N5OS. The van der Waals surface area contributed by atoms with Crippen LogP contribution in [0.4, 0.5) is 5.69 Å². The van der Waals surface area contributed by atoms with Gasteiger partial charge in [0.05, 0.1) is 10.4 Å². The number of aromatic nitrogens is 2. The predicted molar refractivity (Wildman–Crippen MR) is 128 cm³/mol. The van der Waals surface area contributed by atoms with Gasteiger partial charge in [0.15, 0.2) is 5.01 Å². The molecule has 1 amide bonds. The number of hydrogen-bond donors (Lipinski definition) is 2. The number of nitrogens with one attached hydrogen (secondary N) is 2. The molecule has 7 heteroatoms. The molecule has 2 heterocycles. The standard InChI is InChI=1S/C24H25N5OS/c1-29(2)13-12-26-20-14-19(18-8-10-25-11-9-18)15-21-22(20)28-24(31-21)23(30)27-16-17-6-4-3-5-7-17/h3-11,14-15,26H,12-13,16H2,1-2H3,(H,27,30). The Kier molecular flexibility index (Phi) is 6.54. The number of fused-ring (bicyclic) bond motifs is 1. The molecule has 0 aliphatic heterocycles. The third kappa shape index (κ3) is 5.25. The number of nitrogens with zero attached hydrogens (tertiary/aromatic N) is 3. The number of amides is 1. The first kappa shape index (κ1) is 21.0. The number of hydrogen-bond acceptors (Lipinski definition) is 6. The molecule has 2 N–H and O–H groups in total. The van der Waals surface area contributed by atoms with Crippen molar-refractivity contribution in [3.05, 3.63) is 77.6 Å². The number of carbonyl (C=O) groups is 1. The maximum Gasteiger partial charge on any atom is 0.280 e. The highest BCUT2D eigenvalue weighted by atomic mass is 32.1. The summed E-state index contributed by atoms with van der Waals surface area (Å²) in [6.45, 7) is 2.16. The molecule has 0 aliphatic carbocycles. The topological polar surface area (TPSA) is 70.2 Å². The van der Waals surface area contributed by atoms with Gasteiger partial charge >= 0.3 is 0 Å². The second-order valence-corrected chi connectivity index (χ2v) is 8.55. The summed E-state index contributed by atoms with van der Waals surface area (Å²) in [4.78, 5) is 23.7. The minimum atomic E-state index is -0.158. The quantitative estimate of drug-likeness (QED) is 0.436. The van der Waals surface area contributed by atoms with Gasteiger partial charge in [-0.05, 0) is 55.1 Å². The first-order valence-electron chi connectivity index (χ1n) is 10.2. The molecule has 0 fully saturated rings. The zero-order chi connectivity index (χ0) is 21.6. The number of carbonyl (C=O) groups excluding carboxylic acids is 1. The van der Waals surface area contributed by atoms with Gasteiger partial charge in [-0.25, -0.2) is 4.98 Å². The summed E-state index contributed by atoms with van der Waals surface area (Å²) in [7, 11) is 4.09. The van der Waals surface area contributed by atoms with Crippen molar-refractivity contribution >= 4 is 33.1 Å². The van der Waals surface area contributed by atoms with Crippen LogP contribution in [0.3, 0.4) is 0 Å². The number of thiazole rings is 1. The molecule has 2 aromatic carbocycles. The van der Waals surface area contributed by atoms with Crippen LogP contribution >= 0.6 is 11.3 Å². The molecule has 0 unspecified atom stereocenters. The number of likely N-dealkylation sites (N-methyl/N-ethyl adjacent to an activating group) is 1. The van der Waals surface area contributed by atoms with Crippen molar-refractivity contribution in [1.29, 1.82) is 0 Å². The van der Waals surface area contributed by atoms with Gasteiger partial charge in [-0.1, -0.05) is 30.3 Å². The van der Waals surface area contributed by atoms with Crippen LogP contribution in [-0.4, -0.2) is 48.0 Å². The van der Waals surface area contributed by atoms with Crippen molar-refractivity contribution in [2.75, 3.05) is 32.5 Å². The molecule has 4 rings (SSSR count). The van der Waals surface area contributed by atoms with Gasteiger partial charge in [-0.2, -0.15) is 0 Å². The van der Waals surface area contributed by atoms with Crippen molar-refractivity contribution in [2.45, 2.75) is 6.54 Å². The Labute approximate surface area is 186 Å². The van der Waals surface area contributed by atoms with Gasteiger partial charge in [0, 0.05) is 32.0 Å². The van der Waals surface area contributed by atoms with Crippen molar-refractivity contribution in [1.82, 2.24) is 20.2 Å². The first-order chi connectivity index (χ1) is 15.1. The first-order valence-corrected chi connectivity index (χ1v) is 11.0. The second-order valence-electron chi connectivity index (χ2n) is 7.52. The Bertz CT molecular complexity index is 1160. The summed E-state index contributed by atoms with van der Waals surface area (Å²) < 4.78 is 0.978. The van der Waals surface area contributed by atoms with Crippen LogP contribution in [0.1, 0.15) is 15.4 Å². The monoisotopic (exact) mass is 431 g/mol.